The Morgan fingerprint density at radius 1 is 1.29 bits per heavy atom. The Kier molecular flexibility index (Phi) is 8.48. The highest BCUT2D eigenvalue weighted by Gasteiger charge is 2.23. The molecule has 0 aliphatic heterocycles. The number of hydrogen-bond acceptors (Lipinski definition) is 6. The predicted octanol–water partition coefficient (Wildman–Crippen LogP) is 2.09. The summed E-state index contributed by atoms with van der Waals surface area (Å²) in [6.07, 6.45) is 4.01. The van der Waals surface area contributed by atoms with E-state index in [2.05, 4.69) is 11.6 Å². The van der Waals surface area contributed by atoms with Crippen LogP contribution in [0.3, 0.4) is 0 Å². The molecular formula is C22H30N4O5. The van der Waals surface area contributed by atoms with Gasteiger partial charge in [-0.1, -0.05) is 25.5 Å². The number of H-pyrrole nitrogens is 1. The second kappa shape index (κ2) is 11.1. The molecule has 0 saturated carbocycles. The number of hydrogen-bond donors (Lipinski definition) is 2. The van der Waals surface area contributed by atoms with Crippen LogP contribution in [0.5, 0.6) is 11.5 Å². The van der Waals surface area contributed by atoms with E-state index in [1.54, 1.807) is 19.1 Å². The third kappa shape index (κ3) is 5.56. The zero-order valence-corrected chi connectivity index (χ0v) is 18.3. The first kappa shape index (κ1) is 23.8. The molecule has 3 N–H and O–H groups in total. The molecule has 0 bridgehead atoms. The van der Waals surface area contributed by atoms with Gasteiger partial charge in [-0.25, -0.2) is 4.79 Å². The van der Waals surface area contributed by atoms with Crippen molar-refractivity contribution in [1.29, 1.82) is 0 Å². The molecule has 9 nitrogen and oxygen atoms in total. The summed E-state index contributed by atoms with van der Waals surface area (Å²) in [4.78, 5) is 40.9. The van der Waals surface area contributed by atoms with Gasteiger partial charge in [0.15, 0.2) is 23.8 Å². The minimum absolute atomic E-state index is 0.0382. The predicted molar refractivity (Wildman–Crippen MR) is 121 cm³/mol. The van der Waals surface area contributed by atoms with Gasteiger partial charge in [0.05, 0.1) is 7.11 Å². The van der Waals surface area contributed by atoms with Crippen LogP contribution in [0.25, 0.3) is 0 Å². The van der Waals surface area contributed by atoms with E-state index in [4.69, 9.17) is 15.2 Å². The highest BCUT2D eigenvalue weighted by molar-refractivity contribution is 5.96. The maximum absolute atomic E-state index is 12.9. The Hall–Kier alpha value is -3.49. The molecule has 168 valence electrons. The summed E-state index contributed by atoms with van der Waals surface area (Å²) in [5.41, 5.74) is 5.75. The highest BCUT2D eigenvalue weighted by Crippen LogP contribution is 2.28. The maximum atomic E-state index is 12.9. The van der Waals surface area contributed by atoms with Crippen molar-refractivity contribution in [3.63, 3.8) is 0 Å². The van der Waals surface area contributed by atoms with Gasteiger partial charge in [-0.2, -0.15) is 0 Å². The molecule has 31 heavy (non-hydrogen) atoms. The van der Waals surface area contributed by atoms with Crippen molar-refractivity contribution in [1.82, 2.24) is 9.55 Å². The van der Waals surface area contributed by atoms with Crippen LogP contribution in [0.15, 0.2) is 40.4 Å². The Morgan fingerprint density at radius 3 is 2.65 bits per heavy atom. The summed E-state index contributed by atoms with van der Waals surface area (Å²) >= 11 is 0. The lowest BCUT2D eigenvalue weighted by atomic mass is 10.1. The monoisotopic (exact) mass is 430 g/mol. The third-order valence-corrected chi connectivity index (χ3v) is 4.80. The summed E-state index contributed by atoms with van der Waals surface area (Å²) < 4.78 is 12.3. The van der Waals surface area contributed by atoms with E-state index in [-0.39, 0.29) is 24.7 Å². The Balaban J connectivity index is 2.28. The number of likely N-dealkylation sites (N-methyl/N-ethyl adjacent to an activating group) is 1. The highest BCUT2D eigenvalue weighted by atomic mass is 16.5. The number of ether oxygens (including phenoxy) is 2. The number of unbranched alkanes of at least 4 members (excludes halogenated alkanes) is 1. The van der Waals surface area contributed by atoms with E-state index in [0.29, 0.717) is 30.9 Å². The number of nitrogens with two attached hydrogens (primary N) is 1. The molecule has 2 rings (SSSR count). The van der Waals surface area contributed by atoms with Crippen molar-refractivity contribution < 1.29 is 14.3 Å². The van der Waals surface area contributed by atoms with Gasteiger partial charge in [0.25, 0.3) is 11.5 Å². The van der Waals surface area contributed by atoms with Gasteiger partial charge in [0, 0.05) is 13.1 Å². The lowest BCUT2D eigenvalue weighted by Gasteiger charge is -2.23. The molecule has 2 aromatic rings. The number of carbonyl (C=O) groups is 1. The number of aromatic nitrogens is 2. The van der Waals surface area contributed by atoms with Crippen molar-refractivity contribution >= 4 is 17.4 Å². The van der Waals surface area contributed by atoms with Gasteiger partial charge in [-0.05, 0) is 37.5 Å². The molecule has 0 spiro atoms. The van der Waals surface area contributed by atoms with Crippen LogP contribution in [0.4, 0.5) is 11.5 Å². The largest absolute Gasteiger partial charge is 0.493 e. The molecule has 0 aliphatic carbocycles. The molecule has 1 aromatic heterocycles. The van der Waals surface area contributed by atoms with E-state index < -0.39 is 17.2 Å². The zero-order chi connectivity index (χ0) is 23.0. The SMILES string of the molecule is C=CCc1ccc(OCC(=O)N(CC)c2c(N)n(CCCC)c(=O)[nH]c2=O)c(OC)c1. The van der Waals surface area contributed by atoms with Crippen LogP contribution < -0.4 is 31.4 Å². The maximum Gasteiger partial charge on any atom is 0.330 e. The third-order valence-electron chi connectivity index (χ3n) is 4.80. The van der Waals surface area contributed by atoms with Crippen molar-refractivity contribution in [2.45, 2.75) is 39.7 Å². The number of anilines is 2. The number of aromatic amines is 1. The molecule has 1 amide bonds. The molecule has 0 fully saturated rings. The topological polar surface area (TPSA) is 120 Å². The molecule has 0 radical (unpaired) electrons. The molecule has 0 saturated heterocycles. The van der Waals surface area contributed by atoms with Crippen molar-refractivity contribution in [2.24, 2.45) is 0 Å². The fraction of sp³-hybridized carbons (Fsp3) is 0.409. The van der Waals surface area contributed by atoms with Gasteiger partial charge in [-0.3, -0.25) is 19.1 Å². The summed E-state index contributed by atoms with van der Waals surface area (Å²) in [7, 11) is 1.51. The Labute approximate surface area is 181 Å². The smallest absolute Gasteiger partial charge is 0.330 e. The number of rotatable bonds is 11. The Bertz CT molecular complexity index is 1040. The average Bonchev–Trinajstić information content (AvgIpc) is 2.75. The molecular weight excluding hydrogens is 400 g/mol. The lowest BCUT2D eigenvalue weighted by molar-refractivity contribution is -0.120. The van der Waals surface area contributed by atoms with Gasteiger partial charge in [0.2, 0.25) is 0 Å². The fourth-order valence-electron chi connectivity index (χ4n) is 3.18. The number of allylic oxidation sites excluding steroid dienone is 1. The van der Waals surface area contributed by atoms with Crippen molar-refractivity contribution in [3.8, 4) is 11.5 Å². The van der Waals surface area contributed by atoms with Gasteiger partial charge in [0.1, 0.15) is 5.82 Å². The first-order chi connectivity index (χ1) is 14.9. The van der Waals surface area contributed by atoms with Crippen LogP contribution in [0, 0.1) is 0 Å². The number of benzene rings is 1. The van der Waals surface area contributed by atoms with Gasteiger partial charge in [-0.15, -0.1) is 6.58 Å². The first-order valence-corrected chi connectivity index (χ1v) is 10.2. The van der Waals surface area contributed by atoms with E-state index in [9.17, 15) is 14.4 Å². The number of carbonyl (C=O) groups excluding carboxylic acids is 1. The number of methoxy groups -OCH3 is 1. The standard InChI is InChI=1S/C22H30N4O5/c1-5-8-12-26-20(23)19(21(28)24-22(26)29)25(7-3)18(27)14-31-16-11-10-15(9-6-2)13-17(16)30-4/h6,10-11,13H,2,5,7-9,12,14,23H2,1,3-4H3,(H,24,28,29). The number of nitrogen functional groups attached to an aromatic ring is 1. The summed E-state index contributed by atoms with van der Waals surface area (Å²) in [5, 5.41) is 0. The molecule has 0 atom stereocenters. The minimum atomic E-state index is -0.711. The van der Waals surface area contributed by atoms with Gasteiger partial charge >= 0.3 is 5.69 Å². The minimum Gasteiger partial charge on any atom is -0.493 e. The van der Waals surface area contributed by atoms with Crippen LogP contribution in [0.2, 0.25) is 0 Å². The van der Waals surface area contributed by atoms with Crippen LogP contribution >= 0.6 is 0 Å². The van der Waals surface area contributed by atoms with Crippen molar-refractivity contribution in [2.75, 3.05) is 30.9 Å². The fourth-order valence-corrected chi connectivity index (χ4v) is 3.18. The summed E-state index contributed by atoms with van der Waals surface area (Å²) in [6, 6.07) is 5.38. The van der Waals surface area contributed by atoms with E-state index >= 15 is 0 Å². The lowest BCUT2D eigenvalue weighted by Crippen LogP contribution is -2.42. The van der Waals surface area contributed by atoms with Crippen LogP contribution in [-0.4, -0.2) is 35.7 Å². The summed E-state index contributed by atoms with van der Waals surface area (Å²) in [6.45, 7) is 7.59. The second-order valence-corrected chi connectivity index (χ2v) is 6.90. The van der Waals surface area contributed by atoms with Crippen LogP contribution in [0.1, 0.15) is 32.3 Å². The number of amides is 1. The molecule has 1 heterocycles. The molecule has 0 unspecified atom stereocenters. The van der Waals surface area contributed by atoms with E-state index in [0.717, 1.165) is 12.0 Å². The normalized spacial score (nSPS) is 10.5. The first-order valence-electron chi connectivity index (χ1n) is 10.2. The van der Waals surface area contributed by atoms with Crippen molar-refractivity contribution in [3.05, 3.63) is 57.3 Å². The molecule has 9 heteroatoms. The summed E-state index contributed by atoms with van der Waals surface area (Å²) in [5.74, 6) is 0.372. The number of nitrogens with zero attached hydrogens (tertiary/aromatic N) is 2. The zero-order valence-electron chi connectivity index (χ0n) is 18.3. The van der Waals surface area contributed by atoms with Crippen LogP contribution in [-0.2, 0) is 17.8 Å². The second-order valence-electron chi connectivity index (χ2n) is 6.90. The van der Waals surface area contributed by atoms with E-state index in [1.165, 1.54) is 16.6 Å². The molecule has 1 aromatic carbocycles. The average molecular weight is 431 g/mol. The quantitative estimate of drug-likeness (QED) is 0.527. The number of nitrogens with one attached hydrogen (secondary N) is 1. The Morgan fingerprint density at radius 2 is 2.03 bits per heavy atom. The van der Waals surface area contributed by atoms with Gasteiger partial charge < -0.3 is 20.1 Å². The van der Waals surface area contributed by atoms with E-state index in [1.807, 2.05) is 19.1 Å². The molecule has 0 aliphatic rings.